The first kappa shape index (κ1) is 14.0. The molecule has 7 heteroatoms. The van der Waals surface area contributed by atoms with Crippen molar-refractivity contribution in [3.05, 3.63) is 50.1 Å². The average molecular weight is 367 g/mol. The monoisotopic (exact) mass is 365 g/mol. The van der Waals surface area contributed by atoms with Gasteiger partial charge in [-0.3, -0.25) is 0 Å². The Balaban J connectivity index is 2.16. The van der Waals surface area contributed by atoms with Gasteiger partial charge >= 0.3 is 0 Å². The Morgan fingerprint density at radius 1 is 1.33 bits per heavy atom. The highest BCUT2D eigenvalue weighted by molar-refractivity contribution is 9.10. The highest BCUT2D eigenvalue weighted by Gasteiger charge is 2.14. The van der Waals surface area contributed by atoms with E-state index in [4.69, 9.17) is 11.6 Å². The Hall–Kier alpha value is -0.400. The molecule has 1 heterocycles. The van der Waals surface area contributed by atoms with Crippen LogP contribution in [-0.4, -0.2) is 8.42 Å². The van der Waals surface area contributed by atoms with E-state index in [-0.39, 0.29) is 11.4 Å². The summed E-state index contributed by atoms with van der Waals surface area (Å²) in [6, 6.07) is 8.06. The van der Waals surface area contributed by atoms with Gasteiger partial charge < -0.3 is 0 Å². The molecule has 3 nitrogen and oxygen atoms in total. The first-order valence-corrected chi connectivity index (χ1v) is 8.49. The van der Waals surface area contributed by atoms with E-state index < -0.39 is 10.0 Å². The third-order valence-electron chi connectivity index (χ3n) is 2.22. The van der Waals surface area contributed by atoms with E-state index in [1.807, 2.05) is 11.4 Å². The van der Waals surface area contributed by atoms with Crippen LogP contribution in [0, 0.1) is 0 Å². The maximum atomic E-state index is 12.0. The van der Waals surface area contributed by atoms with Crippen molar-refractivity contribution in [2.24, 2.45) is 0 Å². The van der Waals surface area contributed by atoms with Gasteiger partial charge in [-0.2, -0.15) is 0 Å². The molecule has 1 aromatic carbocycles. The summed E-state index contributed by atoms with van der Waals surface area (Å²) in [7, 11) is -3.52. The van der Waals surface area contributed by atoms with Crippen molar-refractivity contribution in [3.63, 3.8) is 0 Å². The predicted molar refractivity (Wildman–Crippen MR) is 77.5 cm³/mol. The molecule has 2 aromatic rings. The molecule has 0 saturated carbocycles. The molecule has 0 spiro atoms. The Morgan fingerprint density at radius 3 is 2.72 bits per heavy atom. The van der Waals surface area contributed by atoms with Crippen LogP contribution in [0.15, 0.2) is 45.1 Å². The Kier molecular flexibility index (Phi) is 4.45. The lowest BCUT2D eigenvalue weighted by Gasteiger charge is -2.06. The van der Waals surface area contributed by atoms with Crippen LogP contribution in [-0.2, 0) is 16.6 Å². The smallest absolute Gasteiger partial charge is 0.207 e. The lowest BCUT2D eigenvalue weighted by Crippen LogP contribution is -2.22. The third kappa shape index (κ3) is 3.33. The molecule has 0 unspecified atom stereocenters. The number of hydrogen-bond acceptors (Lipinski definition) is 3. The number of rotatable bonds is 4. The lowest BCUT2D eigenvalue weighted by molar-refractivity contribution is 0.581. The Morgan fingerprint density at radius 2 is 2.11 bits per heavy atom. The summed E-state index contributed by atoms with van der Waals surface area (Å²) >= 11 is 10.6. The fourth-order valence-electron chi connectivity index (χ4n) is 1.33. The molecule has 2 rings (SSSR count). The molecule has 0 aliphatic heterocycles. The van der Waals surface area contributed by atoms with Gasteiger partial charge in [-0.25, -0.2) is 13.1 Å². The quantitative estimate of drug-likeness (QED) is 0.898. The predicted octanol–water partition coefficient (Wildman–Crippen LogP) is 3.64. The van der Waals surface area contributed by atoms with E-state index in [0.29, 0.717) is 5.02 Å². The van der Waals surface area contributed by atoms with E-state index in [0.717, 1.165) is 9.35 Å². The van der Waals surface area contributed by atoms with Crippen molar-refractivity contribution < 1.29 is 8.42 Å². The molecule has 1 aromatic heterocycles. The molecule has 0 aliphatic rings. The van der Waals surface area contributed by atoms with E-state index in [1.54, 1.807) is 12.1 Å². The van der Waals surface area contributed by atoms with Crippen LogP contribution in [0.1, 0.15) is 4.88 Å². The maximum Gasteiger partial charge on any atom is 0.240 e. The zero-order valence-electron chi connectivity index (χ0n) is 9.06. The minimum atomic E-state index is -3.52. The van der Waals surface area contributed by atoms with Gasteiger partial charge in [0, 0.05) is 20.9 Å². The molecular formula is C11H9BrClNO2S2. The van der Waals surface area contributed by atoms with Crippen molar-refractivity contribution in [1.82, 2.24) is 4.72 Å². The standard InChI is InChI=1S/C11H9BrClNO2S2/c12-10-4-5-17-11(10)7-14-18(15,16)9-3-1-2-8(13)6-9/h1-6,14H,7H2. The summed E-state index contributed by atoms with van der Waals surface area (Å²) in [4.78, 5) is 1.10. The summed E-state index contributed by atoms with van der Waals surface area (Å²) in [5.41, 5.74) is 0. The number of nitrogens with one attached hydrogen (secondary N) is 1. The minimum absolute atomic E-state index is 0.169. The molecule has 0 saturated heterocycles. The van der Waals surface area contributed by atoms with Crippen molar-refractivity contribution >= 4 is 48.9 Å². The number of halogens is 2. The molecule has 0 fully saturated rings. The highest BCUT2D eigenvalue weighted by atomic mass is 79.9. The van der Waals surface area contributed by atoms with Gasteiger partial charge in [0.1, 0.15) is 0 Å². The van der Waals surface area contributed by atoms with Crippen molar-refractivity contribution in [2.45, 2.75) is 11.4 Å². The first-order valence-electron chi connectivity index (χ1n) is 4.96. The van der Waals surface area contributed by atoms with Crippen LogP contribution in [0.5, 0.6) is 0 Å². The zero-order valence-corrected chi connectivity index (χ0v) is 13.0. The van der Waals surface area contributed by atoms with Gasteiger partial charge in [-0.05, 0) is 45.6 Å². The molecule has 0 bridgehead atoms. The normalized spacial score (nSPS) is 11.7. The molecule has 0 aliphatic carbocycles. The topological polar surface area (TPSA) is 46.2 Å². The summed E-state index contributed by atoms with van der Waals surface area (Å²) in [6.07, 6.45) is 0. The molecule has 1 N–H and O–H groups in total. The van der Waals surface area contributed by atoms with Crippen LogP contribution in [0.2, 0.25) is 5.02 Å². The second kappa shape index (κ2) is 5.71. The number of benzene rings is 1. The fraction of sp³-hybridized carbons (Fsp3) is 0.0909. The molecule has 96 valence electrons. The Bertz CT molecular complexity index is 655. The summed E-state index contributed by atoms with van der Waals surface area (Å²) in [6.45, 7) is 0.257. The fourth-order valence-corrected chi connectivity index (χ4v) is 4.15. The number of hydrogen-bond donors (Lipinski definition) is 1. The molecular weight excluding hydrogens is 358 g/mol. The zero-order chi connectivity index (χ0) is 13.2. The Labute approximate surface area is 123 Å². The summed E-state index contributed by atoms with van der Waals surface area (Å²) < 4.78 is 27.5. The van der Waals surface area contributed by atoms with Crippen molar-refractivity contribution in [3.8, 4) is 0 Å². The van der Waals surface area contributed by atoms with Crippen LogP contribution in [0.25, 0.3) is 0 Å². The van der Waals surface area contributed by atoms with E-state index in [2.05, 4.69) is 20.7 Å². The highest BCUT2D eigenvalue weighted by Crippen LogP contribution is 2.23. The first-order chi connectivity index (χ1) is 8.49. The molecule has 0 atom stereocenters. The lowest BCUT2D eigenvalue weighted by atomic mass is 10.4. The van der Waals surface area contributed by atoms with Crippen LogP contribution in [0.4, 0.5) is 0 Å². The van der Waals surface area contributed by atoms with Gasteiger partial charge in [0.15, 0.2) is 0 Å². The summed E-state index contributed by atoms with van der Waals surface area (Å²) in [5, 5.41) is 2.29. The van der Waals surface area contributed by atoms with E-state index >= 15 is 0 Å². The minimum Gasteiger partial charge on any atom is -0.207 e. The molecule has 0 radical (unpaired) electrons. The molecule has 18 heavy (non-hydrogen) atoms. The second-order valence-electron chi connectivity index (χ2n) is 3.47. The van der Waals surface area contributed by atoms with Crippen molar-refractivity contribution in [1.29, 1.82) is 0 Å². The number of thiophene rings is 1. The van der Waals surface area contributed by atoms with Crippen molar-refractivity contribution in [2.75, 3.05) is 0 Å². The van der Waals surface area contributed by atoms with Gasteiger partial charge in [0.2, 0.25) is 10.0 Å². The van der Waals surface area contributed by atoms with E-state index in [1.165, 1.54) is 23.5 Å². The van der Waals surface area contributed by atoms with Gasteiger partial charge in [-0.15, -0.1) is 11.3 Å². The van der Waals surface area contributed by atoms with Crippen LogP contribution < -0.4 is 4.72 Å². The van der Waals surface area contributed by atoms with Gasteiger partial charge in [-0.1, -0.05) is 17.7 Å². The average Bonchev–Trinajstić information content (AvgIpc) is 2.72. The largest absolute Gasteiger partial charge is 0.240 e. The SMILES string of the molecule is O=S(=O)(NCc1sccc1Br)c1cccc(Cl)c1. The third-order valence-corrected chi connectivity index (χ3v) is 5.78. The molecule has 0 amide bonds. The maximum absolute atomic E-state index is 12.0. The number of sulfonamides is 1. The van der Waals surface area contributed by atoms with Gasteiger partial charge in [0.25, 0.3) is 0 Å². The second-order valence-corrected chi connectivity index (χ2v) is 7.53. The van der Waals surface area contributed by atoms with Crippen LogP contribution in [0.3, 0.4) is 0 Å². The van der Waals surface area contributed by atoms with Gasteiger partial charge in [0.05, 0.1) is 4.90 Å². The van der Waals surface area contributed by atoms with Crippen LogP contribution >= 0.6 is 38.9 Å². The summed E-state index contributed by atoms with van der Waals surface area (Å²) in [5.74, 6) is 0. The van der Waals surface area contributed by atoms with E-state index in [9.17, 15) is 8.42 Å².